The van der Waals surface area contributed by atoms with Gasteiger partial charge in [-0.25, -0.2) is 9.78 Å². The SMILES string of the molecule is CCn1c(SC(C)C(=O)Nc2sc3c(c2C(=O)OC)CCC(c2ccccc2)C3)nc2ccccc2c1=O. The van der Waals surface area contributed by atoms with Crippen molar-refractivity contribution in [1.82, 2.24) is 9.55 Å². The Morgan fingerprint density at radius 3 is 2.66 bits per heavy atom. The molecule has 2 heterocycles. The van der Waals surface area contributed by atoms with Crippen LogP contribution in [0.3, 0.4) is 0 Å². The summed E-state index contributed by atoms with van der Waals surface area (Å²) >= 11 is 2.69. The minimum absolute atomic E-state index is 0.125. The van der Waals surface area contributed by atoms with Crippen molar-refractivity contribution in [3.8, 4) is 0 Å². The summed E-state index contributed by atoms with van der Waals surface area (Å²) in [5.74, 6) is -0.327. The van der Waals surface area contributed by atoms with Crippen LogP contribution in [0, 0.1) is 0 Å². The molecule has 0 radical (unpaired) electrons. The third-order valence-corrected chi connectivity index (χ3v) is 9.22. The van der Waals surface area contributed by atoms with Crippen LogP contribution in [0.2, 0.25) is 0 Å². The average molecular weight is 548 g/mol. The molecule has 38 heavy (non-hydrogen) atoms. The Morgan fingerprint density at radius 2 is 1.92 bits per heavy atom. The first-order valence-corrected chi connectivity index (χ1v) is 14.4. The summed E-state index contributed by atoms with van der Waals surface area (Å²) in [5, 5.41) is 4.00. The molecule has 0 aliphatic heterocycles. The molecule has 1 aliphatic carbocycles. The minimum Gasteiger partial charge on any atom is -0.465 e. The van der Waals surface area contributed by atoms with Gasteiger partial charge in [0, 0.05) is 11.4 Å². The molecule has 0 spiro atoms. The van der Waals surface area contributed by atoms with Crippen LogP contribution in [-0.4, -0.2) is 33.8 Å². The topological polar surface area (TPSA) is 90.3 Å². The second-order valence-corrected chi connectivity index (χ2v) is 11.7. The van der Waals surface area contributed by atoms with E-state index in [1.807, 2.05) is 37.3 Å². The van der Waals surface area contributed by atoms with Gasteiger partial charge in [0.05, 0.1) is 28.8 Å². The molecule has 2 aromatic heterocycles. The number of hydrogen-bond donors (Lipinski definition) is 1. The van der Waals surface area contributed by atoms with E-state index < -0.39 is 11.2 Å². The first-order chi connectivity index (χ1) is 18.4. The maximum absolute atomic E-state index is 13.3. The van der Waals surface area contributed by atoms with Crippen molar-refractivity contribution in [3.63, 3.8) is 0 Å². The molecule has 5 rings (SSSR count). The lowest BCUT2D eigenvalue weighted by atomic mass is 9.83. The molecular weight excluding hydrogens is 518 g/mol. The number of ether oxygens (including phenoxy) is 1. The van der Waals surface area contributed by atoms with Gasteiger partial charge in [-0.1, -0.05) is 54.2 Å². The Labute approximate surface area is 229 Å². The third kappa shape index (κ3) is 5.00. The Hall–Kier alpha value is -3.43. The Balaban J connectivity index is 1.40. The maximum atomic E-state index is 13.3. The summed E-state index contributed by atoms with van der Waals surface area (Å²) in [6.07, 6.45) is 2.50. The van der Waals surface area contributed by atoms with Gasteiger partial charge < -0.3 is 10.1 Å². The number of thiophene rings is 1. The van der Waals surface area contributed by atoms with Crippen molar-refractivity contribution >= 4 is 50.9 Å². The summed E-state index contributed by atoms with van der Waals surface area (Å²) in [5.41, 5.74) is 3.19. The fourth-order valence-corrected chi connectivity index (χ4v) is 7.23. The quantitative estimate of drug-likeness (QED) is 0.183. The van der Waals surface area contributed by atoms with E-state index in [2.05, 4.69) is 22.4 Å². The third-order valence-electron chi connectivity index (χ3n) is 6.96. The number of carbonyl (C=O) groups is 2. The molecular formula is C29H29N3O4S2. The Morgan fingerprint density at radius 1 is 1.18 bits per heavy atom. The van der Waals surface area contributed by atoms with Gasteiger partial charge in [-0.3, -0.25) is 14.2 Å². The zero-order valence-corrected chi connectivity index (χ0v) is 23.2. The molecule has 1 aliphatic rings. The fraction of sp³-hybridized carbons (Fsp3) is 0.310. The summed E-state index contributed by atoms with van der Waals surface area (Å²) in [6, 6.07) is 17.6. The highest BCUT2D eigenvalue weighted by Crippen LogP contribution is 2.43. The second-order valence-electron chi connectivity index (χ2n) is 9.26. The van der Waals surface area contributed by atoms with Crippen molar-refractivity contribution in [2.45, 2.75) is 56.0 Å². The van der Waals surface area contributed by atoms with Crippen LogP contribution in [-0.2, 0) is 28.9 Å². The van der Waals surface area contributed by atoms with E-state index in [0.717, 1.165) is 29.7 Å². The summed E-state index contributed by atoms with van der Waals surface area (Å²) < 4.78 is 6.69. The van der Waals surface area contributed by atoms with Gasteiger partial charge in [0.25, 0.3) is 5.56 Å². The van der Waals surface area contributed by atoms with Gasteiger partial charge in [-0.15, -0.1) is 11.3 Å². The van der Waals surface area contributed by atoms with Crippen molar-refractivity contribution in [1.29, 1.82) is 0 Å². The minimum atomic E-state index is -0.553. The molecule has 1 amide bonds. The number of benzene rings is 2. The molecule has 2 atom stereocenters. The number of rotatable bonds is 7. The average Bonchev–Trinajstić information content (AvgIpc) is 3.30. The zero-order valence-electron chi connectivity index (χ0n) is 21.5. The van der Waals surface area contributed by atoms with Crippen LogP contribution in [0.4, 0.5) is 5.00 Å². The van der Waals surface area contributed by atoms with Crippen LogP contribution in [0.15, 0.2) is 64.5 Å². The number of esters is 1. The largest absolute Gasteiger partial charge is 0.465 e. The van der Waals surface area contributed by atoms with E-state index >= 15 is 0 Å². The van der Waals surface area contributed by atoms with Crippen LogP contribution >= 0.6 is 23.1 Å². The van der Waals surface area contributed by atoms with E-state index in [-0.39, 0.29) is 11.5 Å². The zero-order chi connectivity index (χ0) is 26.8. The molecule has 0 fully saturated rings. The number of aromatic nitrogens is 2. The lowest BCUT2D eigenvalue weighted by molar-refractivity contribution is -0.115. The molecule has 4 aromatic rings. The van der Waals surface area contributed by atoms with Crippen LogP contribution < -0.4 is 10.9 Å². The van der Waals surface area contributed by atoms with Gasteiger partial charge in [-0.05, 0) is 62.3 Å². The van der Waals surface area contributed by atoms with Gasteiger partial charge in [0.2, 0.25) is 5.91 Å². The number of methoxy groups -OCH3 is 1. The molecule has 0 saturated heterocycles. The number of para-hydroxylation sites is 1. The van der Waals surface area contributed by atoms with Crippen LogP contribution in [0.25, 0.3) is 10.9 Å². The molecule has 196 valence electrons. The van der Waals surface area contributed by atoms with E-state index in [0.29, 0.717) is 39.1 Å². The number of fused-ring (bicyclic) bond motifs is 2. The highest BCUT2D eigenvalue weighted by molar-refractivity contribution is 8.00. The number of anilines is 1. The number of nitrogens with one attached hydrogen (secondary N) is 1. The lowest BCUT2D eigenvalue weighted by Crippen LogP contribution is -2.27. The standard InChI is InChI=1S/C29H29N3O4S2/c1-4-32-27(34)20-12-8-9-13-22(20)30-29(32)37-17(2)25(33)31-26-24(28(35)36-3)21-15-14-19(16-23(21)38-26)18-10-6-5-7-11-18/h5-13,17,19H,4,14-16H2,1-3H3,(H,31,33). The summed E-state index contributed by atoms with van der Waals surface area (Å²) in [6.45, 7) is 4.10. The summed E-state index contributed by atoms with van der Waals surface area (Å²) in [4.78, 5) is 44.9. The molecule has 0 saturated carbocycles. The van der Waals surface area contributed by atoms with Crippen LogP contribution in [0.1, 0.15) is 52.5 Å². The predicted octanol–water partition coefficient (Wildman–Crippen LogP) is 5.66. The van der Waals surface area contributed by atoms with Gasteiger partial charge in [0.15, 0.2) is 5.16 Å². The second kappa shape index (κ2) is 11.1. The number of carbonyl (C=O) groups excluding carboxylic acids is 2. The molecule has 1 N–H and O–H groups in total. The number of thioether (sulfide) groups is 1. The maximum Gasteiger partial charge on any atom is 0.341 e. The van der Waals surface area contributed by atoms with Crippen molar-refractivity contribution in [3.05, 3.63) is 86.5 Å². The normalized spacial score (nSPS) is 15.6. The first kappa shape index (κ1) is 26.2. The van der Waals surface area contributed by atoms with Crippen molar-refractivity contribution < 1.29 is 14.3 Å². The van der Waals surface area contributed by atoms with E-state index in [1.54, 1.807) is 23.6 Å². The van der Waals surface area contributed by atoms with E-state index in [9.17, 15) is 14.4 Å². The van der Waals surface area contributed by atoms with Crippen molar-refractivity contribution in [2.75, 3.05) is 12.4 Å². The highest BCUT2D eigenvalue weighted by atomic mass is 32.2. The first-order valence-electron chi connectivity index (χ1n) is 12.7. The number of hydrogen-bond acceptors (Lipinski definition) is 7. The molecule has 9 heteroatoms. The molecule has 0 bridgehead atoms. The van der Waals surface area contributed by atoms with Crippen LogP contribution in [0.5, 0.6) is 0 Å². The Bertz CT molecular complexity index is 1560. The monoisotopic (exact) mass is 547 g/mol. The Kier molecular flexibility index (Phi) is 7.67. The lowest BCUT2D eigenvalue weighted by Gasteiger charge is -2.22. The number of amides is 1. The predicted molar refractivity (Wildman–Crippen MR) is 152 cm³/mol. The van der Waals surface area contributed by atoms with Crippen molar-refractivity contribution in [2.24, 2.45) is 0 Å². The smallest absolute Gasteiger partial charge is 0.341 e. The van der Waals surface area contributed by atoms with Gasteiger partial charge in [-0.2, -0.15) is 0 Å². The number of nitrogens with zero attached hydrogens (tertiary/aromatic N) is 2. The summed E-state index contributed by atoms with van der Waals surface area (Å²) in [7, 11) is 1.36. The molecule has 2 unspecified atom stereocenters. The fourth-order valence-electron chi connectivity index (χ4n) is 4.94. The molecule has 7 nitrogen and oxygen atoms in total. The highest BCUT2D eigenvalue weighted by Gasteiger charge is 2.31. The molecule has 2 aromatic carbocycles. The van der Waals surface area contributed by atoms with E-state index in [4.69, 9.17) is 4.74 Å². The van der Waals surface area contributed by atoms with Gasteiger partial charge in [0.1, 0.15) is 5.00 Å². The van der Waals surface area contributed by atoms with Gasteiger partial charge >= 0.3 is 5.97 Å². The van der Waals surface area contributed by atoms with E-state index in [1.165, 1.54) is 35.8 Å².